The summed E-state index contributed by atoms with van der Waals surface area (Å²) in [6.07, 6.45) is 4.51. The number of aliphatic hydroxyl groups is 1. The van der Waals surface area contributed by atoms with E-state index >= 15 is 0 Å². The maximum atomic E-state index is 11.9. The third-order valence-electron chi connectivity index (χ3n) is 4.54. The molecule has 0 radical (unpaired) electrons. The molecule has 0 aliphatic heterocycles. The van der Waals surface area contributed by atoms with Crippen molar-refractivity contribution in [3.8, 4) is 17.4 Å². The zero-order valence-electron chi connectivity index (χ0n) is 16.6. The van der Waals surface area contributed by atoms with Crippen LogP contribution in [0.5, 0.6) is 17.4 Å². The lowest BCUT2D eigenvalue weighted by atomic mass is 10.3. The molecule has 1 aliphatic rings. The number of aromatic nitrogens is 3. The molecular formula is C20H22ClN5O4. The number of ether oxygens (including phenoxy) is 2. The predicted octanol–water partition coefficient (Wildman–Crippen LogP) is 3.53. The van der Waals surface area contributed by atoms with Crippen LogP contribution in [0.15, 0.2) is 30.7 Å². The molecule has 1 saturated carbocycles. The van der Waals surface area contributed by atoms with Crippen LogP contribution in [-0.4, -0.2) is 44.5 Å². The number of amides is 2. The van der Waals surface area contributed by atoms with Gasteiger partial charge in [-0.25, -0.2) is 9.31 Å². The third-order valence-corrected chi connectivity index (χ3v) is 4.86. The molecule has 3 N–H and O–H groups in total. The molecule has 1 aromatic carbocycles. The molecule has 1 atom stereocenters. The van der Waals surface area contributed by atoms with Gasteiger partial charge in [0.05, 0.1) is 23.0 Å². The van der Waals surface area contributed by atoms with E-state index in [1.165, 1.54) is 6.33 Å². The van der Waals surface area contributed by atoms with Gasteiger partial charge in [-0.1, -0.05) is 11.6 Å². The number of benzene rings is 1. The lowest BCUT2D eigenvalue weighted by Gasteiger charge is -2.11. The van der Waals surface area contributed by atoms with Crippen LogP contribution in [-0.2, 0) is 0 Å². The van der Waals surface area contributed by atoms with Gasteiger partial charge in [0.15, 0.2) is 0 Å². The van der Waals surface area contributed by atoms with E-state index in [-0.39, 0.29) is 18.7 Å². The smallest absolute Gasteiger partial charge is 0.319 e. The van der Waals surface area contributed by atoms with E-state index in [4.69, 9.17) is 21.1 Å². The summed E-state index contributed by atoms with van der Waals surface area (Å²) in [5, 5.41) is 19.6. The second-order valence-corrected chi connectivity index (χ2v) is 7.66. The molecule has 0 unspecified atom stereocenters. The lowest BCUT2D eigenvalue weighted by molar-refractivity contribution is 0.122. The molecule has 158 valence electrons. The Labute approximate surface area is 178 Å². The largest absolute Gasteiger partial charge is 0.489 e. The van der Waals surface area contributed by atoms with Gasteiger partial charge < -0.3 is 25.2 Å². The van der Waals surface area contributed by atoms with Crippen LogP contribution < -0.4 is 20.1 Å². The first-order valence-electron chi connectivity index (χ1n) is 9.59. The molecule has 0 spiro atoms. The molecule has 2 amide bonds. The predicted molar refractivity (Wildman–Crippen MR) is 112 cm³/mol. The molecule has 0 saturated heterocycles. The topological polar surface area (TPSA) is 110 Å². The van der Waals surface area contributed by atoms with Gasteiger partial charge in [-0.05, 0) is 38.8 Å². The van der Waals surface area contributed by atoms with Gasteiger partial charge in [-0.15, -0.1) is 0 Å². The van der Waals surface area contributed by atoms with E-state index in [0.29, 0.717) is 33.6 Å². The van der Waals surface area contributed by atoms with Gasteiger partial charge in [0.2, 0.25) is 5.88 Å². The van der Waals surface area contributed by atoms with Gasteiger partial charge in [0.25, 0.3) is 0 Å². The van der Waals surface area contributed by atoms with Crippen molar-refractivity contribution in [3.63, 3.8) is 0 Å². The van der Waals surface area contributed by atoms with E-state index in [1.54, 1.807) is 35.8 Å². The number of aryl methyl sites for hydroxylation is 1. The Morgan fingerprint density at radius 1 is 1.43 bits per heavy atom. The van der Waals surface area contributed by atoms with Crippen molar-refractivity contribution in [1.29, 1.82) is 0 Å². The number of fused-ring (bicyclic) bond motifs is 1. The van der Waals surface area contributed by atoms with Crippen molar-refractivity contribution in [2.45, 2.75) is 38.8 Å². The fourth-order valence-corrected chi connectivity index (χ4v) is 3.10. The van der Waals surface area contributed by atoms with E-state index in [1.807, 2.05) is 6.92 Å². The Morgan fingerprint density at radius 3 is 2.93 bits per heavy atom. The first-order chi connectivity index (χ1) is 14.4. The van der Waals surface area contributed by atoms with Crippen molar-refractivity contribution in [2.24, 2.45) is 0 Å². The van der Waals surface area contributed by atoms with E-state index in [9.17, 15) is 9.90 Å². The number of urea groups is 1. The lowest BCUT2D eigenvalue weighted by Crippen LogP contribution is -2.30. The van der Waals surface area contributed by atoms with Crippen LogP contribution in [0.3, 0.4) is 0 Å². The zero-order chi connectivity index (χ0) is 21.3. The zero-order valence-corrected chi connectivity index (χ0v) is 17.3. The molecular weight excluding hydrogens is 410 g/mol. The highest BCUT2D eigenvalue weighted by Crippen LogP contribution is 2.34. The molecule has 3 aromatic rings. The van der Waals surface area contributed by atoms with Crippen molar-refractivity contribution < 1.29 is 19.4 Å². The molecule has 9 nitrogen and oxygen atoms in total. The van der Waals surface area contributed by atoms with Crippen LogP contribution in [0.2, 0.25) is 5.02 Å². The van der Waals surface area contributed by atoms with Crippen LogP contribution in [0.4, 0.5) is 10.5 Å². The first kappa shape index (κ1) is 20.2. The van der Waals surface area contributed by atoms with Gasteiger partial charge in [-0.3, -0.25) is 0 Å². The molecule has 4 rings (SSSR count). The number of halogens is 1. The first-order valence-corrected chi connectivity index (χ1v) is 9.97. The van der Waals surface area contributed by atoms with Gasteiger partial charge in [0, 0.05) is 17.7 Å². The van der Waals surface area contributed by atoms with Crippen LogP contribution in [0.1, 0.15) is 25.3 Å². The number of nitrogens with one attached hydrogen (secondary N) is 2. The molecule has 30 heavy (non-hydrogen) atoms. The monoisotopic (exact) mass is 431 g/mol. The quantitative estimate of drug-likeness (QED) is 0.528. The summed E-state index contributed by atoms with van der Waals surface area (Å²) in [6.45, 7) is 3.68. The fraction of sp³-hybridized carbons (Fsp3) is 0.350. The molecule has 0 bridgehead atoms. The number of hydrogen-bond acceptors (Lipinski definition) is 6. The second-order valence-electron chi connectivity index (χ2n) is 7.25. The summed E-state index contributed by atoms with van der Waals surface area (Å²) < 4.78 is 13.2. The minimum atomic E-state index is -0.588. The van der Waals surface area contributed by atoms with Gasteiger partial charge >= 0.3 is 6.03 Å². The summed E-state index contributed by atoms with van der Waals surface area (Å²) in [5.74, 6) is 1.37. The van der Waals surface area contributed by atoms with E-state index < -0.39 is 6.10 Å². The number of nitrogens with zero attached hydrogens (tertiary/aromatic N) is 3. The highest BCUT2D eigenvalue weighted by molar-refractivity contribution is 6.33. The molecule has 1 aliphatic carbocycles. The van der Waals surface area contributed by atoms with Gasteiger partial charge in [0.1, 0.15) is 29.9 Å². The van der Waals surface area contributed by atoms with Gasteiger partial charge in [-0.2, -0.15) is 10.1 Å². The van der Waals surface area contributed by atoms with Crippen molar-refractivity contribution in [3.05, 3.63) is 41.3 Å². The Hall–Kier alpha value is -3.04. The van der Waals surface area contributed by atoms with E-state index in [0.717, 1.165) is 18.4 Å². The molecule has 1 fully saturated rings. The number of carbonyl (C=O) groups is 1. The maximum absolute atomic E-state index is 11.9. The van der Waals surface area contributed by atoms with Crippen LogP contribution >= 0.6 is 11.6 Å². The average molecular weight is 432 g/mol. The minimum Gasteiger partial charge on any atom is -0.489 e. The summed E-state index contributed by atoms with van der Waals surface area (Å²) in [7, 11) is 0. The average Bonchev–Trinajstić information content (AvgIpc) is 3.44. The minimum absolute atomic E-state index is 0.166. The fourth-order valence-electron chi connectivity index (χ4n) is 2.88. The molecule has 2 heterocycles. The molecule has 10 heteroatoms. The second kappa shape index (κ2) is 8.37. The summed E-state index contributed by atoms with van der Waals surface area (Å²) >= 11 is 6.31. The highest BCUT2D eigenvalue weighted by Gasteiger charge is 2.23. The third kappa shape index (κ3) is 4.58. The van der Waals surface area contributed by atoms with Crippen molar-refractivity contribution in [2.75, 3.05) is 11.9 Å². The number of anilines is 1. The Balaban J connectivity index is 1.53. The number of rotatable bonds is 7. The van der Waals surface area contributed by atoms with E-state index in [2.05, 4.69) is 20.7 Å². The van der Waals surface area contributed by atoms with Crippen molar-refractivity contribution in [1.82, 2.24) is 19.9 Å². The SMILES string of the molecule is Cc1c(OC[C@@H](C)O)cn2ncnc(Oc3ccc(NC(=O)NC4CC4)c(Cl)c3)c12. The highest BCUT2D eigenvalue weighted by atomic mass is 35.5. The standard InChI is InChI=1S/C20H22ClN5O4/c1-11(27)9-29-17-8-26-18(12(17)2)19(22-10-23-26)30-14-5-6-16(15(21)7-14)25-20(28)24-13-3-4-13/h5-8,10-11,13,27H,3-4,9H2,1-2H3,(H2,24,25,28)/t11-/m1/s1. The van der Waals surface area contributed by atoms with Crippen LogP contribution in [0.25, 0.3) is 5.52 Å². The molecule has 2 aromatic heterocycles. The van der Waals surface area contributed by atoms with Crippen LogP contribution in [0, 0.1) is 6.92 Å². The Bertz CT molecular complexity index is 1080. The summed E-state index contributed by atoms with van der Waals surface area (Å²) in [4.78, 5) is 16.1. The summed E-state index contributed by atoms with van der Waals surface area (Å²) in [6, 6.07) is 4.95. The number of hydrogen-bond donors (Lipinski definition) is 3. The maximum Gasteiger partial charge on any atom is 0.319 e. The number of aliphatic hydroxyl groups excluding tert-OH is 1. The summed E-state index contributed by atoms with van der Waals surface area (Å²) in [5.41, 5.74) is 1.91. The number of carbonyl (C=O) groups excluding carboxylic acids is 1. The normalized spacial score (nSPS) is 14.4. The Kier molecular flexibility index (Phi) is 5.65. The van der Waals surface area contributed by atoms with Crippen molar-refractivity contribution >= 4 is 28.8 Å². The Morgan fingerprint density at radius 2 is 2.23 bits per heavy atom.